The zero-order valence-electron chi connectivity index (χ0n) is 11.9. The monoisotopic (exact) mass is 264 g/mol. The fraction of sp³-hybridized carbons (Fsp3) is 0.533. The van der Waals surface area contributed by atoms with Gasteiger partial charge in [0.15, 0.2) is 0 Å². The Bertz CT molecular complexity index is 509. The van der Waals surface area contributed by atoms with Crippen LogP contribution in [0, 0.1) is 22.6 Å². The summed E-state index contributed by atoms with van der Waals surface area (Å²) >= 11 is 0. The third kappa shape index (κ3) is 2.20. The first-order chi connectivity index (χ1) is 8.68. The Morgan fingerprint density at radius 3 is 2.42 bits per heavy atom. The third-order valence-corrected chi connectivity index (χ3v) is 5.02. The van der Waals surface area contributed by atoms with Crippen molar-refractivity contribution in [1.29, 1.82) is 0 Å². The van der Waals surface area contributed by atoms with Crippen molar-refractivity contribution in [3.8, 4) is 0 Å². The average Bonchev–Trinajstić information content (AvgIpc) is 2.70. The molecule has 1 fully saturated rings. The van der Waals surface area contributed by atoms with E-state index in [-0.39, 0.29) is 16.4 Å². The van der Waals surface area contributed by atoms with Crippen molar-refractivity contribution in [1.82, 2.24) is 5.32 Å². The van der Waals surface area contributed by atoms with Crippen LogP contribution in [0.5, 0.6) is 0 Å². The molecule has 0 aromatic heterocycles. The van der Waals surface area contributed by atoms with Crippen LogP contribution in [0.1, 0.15) is 38.1 Å². The number of benzene rings is 1. The second-order valence-corrected chi connectivity index (χ2v) is 6.45. The maximum Gasteiger partial charge on any atom is 0.254 e. The lowest BCUT2D eigenvalue weighted by molar-refractivity contribution is 0.0946. The molecule has 0 aliphatic heterocycles. The standard InChI is InChI=1S/C15H21FN2O/c1-14(2)12(15(14,3)4)8-18-13(19)10-7-9(17)5-6-11(10)16/h5-7,12H,8,17H2,1-4H3,(H,18,19). The molecule has 1 aliphatic carbocycles. The highest BCUT2D eigenvalue weighted by Gasteiger charge is 2.64. The van der Waals surface area contributed by atoms with Gasteiger partial charge in [-0.3, -0.25) is 4.79 Å². The first-order valence-corrected chi connectivity index (χ1v) is 6.51. The molecule has 0 radical (unpaired) electrons. The number of nitrogen functional groups attached to an aromatic ring is 1. The average molecular weight is 264 g/mol. The van der Waals surface area contributed by atoms with Crippen LogP contribution in [-0.2, 0) is 0 Å². The maximum absolute atomic E-state index is 13.5. The summed E-state index contributed by atoms with van der Waals surface area (Å²) in [6.07, 6.45) is 0. The van der Waals surface area contributed by atoms with Crippen molar-refractivity contribution in [2.24, 2.45) is 16.7 Å². The van der Waals surface area contributed by atoms with Crippen LogP contribution in [0.15, 0.2) is 18.2 Å². The van der Waals surface area contributed by atoms with Gasteiger partial charge < -0.3 is 11.1 Å². The van der Waals surface area contributed by atoms with Crippen molar-refractivity contribution in [2.45, 2.75) is 27.7 Å². The van der Waals surface area contributed by atoms with E-state index < -0.39 is 11.7 Å². The number of hydrogen-bond donors (Lipinski definition) is 2. The quantitative estimate of drug-likeness (QED) is 0.825. The van der Waals surface area contributed by atoms with Gasteiger partial charge in [0.2, 0.25) is 0 Å². The molecule has 0 heterocycles. The summed E-state index contributed by atoms with van der Waals surface area (Å²) in [5.41, 5.74) is 6.38. The van der Waals surface area contributed by atoms with E-state index in [2.05, 4.69) is 33.0 Å². The molecule has 104 valence electrons. The molecule has 2 rings (SSSR count). The maximum atomic E-state index is 13.5. The van der Waals surface area contributed by atoms with Gasteiger partial charge in [0.05, 0.1) is 5.56 Å². The van der Waals surface area contributed by atoms with Crippen molar-refractivity contribution >= 4 is 11.6 Å². The van der Waals surface area contributed by atoms with Crippen LogP contribution in [0.25, 0.3) is 0 Å². The molecular weight excluding hydrogens is 243 g/mol. The second kappa shape index (κ2) is 4.22. The molecule has 19 heavy (non-hydrogen) atoms. The van der Waals surface area contributed by atoms with E-state index >= 15 is 0 Å². The highest BCUT2D eigenvalue weighted by Crippen LogP contribution is 2.67. The third-order valence-electron chi connectivity index (χ3n) is 5.02. The summed E-state index contributed by atoms with van der Waals surface area (Å²) in [5.74, 6) is -0.530. The summed E-state index contributed by atoms with van der Waals surface area (Å²) in [6, 6.07) is 4.03. The summed E-state index contributed by atoms with van der Waals surface area (Å²) in [5, 5.41) is 2.81. The Balaban J connectivity index is 2.02. The number of nitrogens with two attached hydrogens (primary N) is 1. The highest BCUT2D eigenvalue weighted by atomic mass is 19.1. The number of hydrogen-bond acceptors (Lipinski definition) is 2. The van der Waals surface area contributed by atoms with Crippen molar-refractivity contribution in [3.05, 3.63) is 29.6 Å². The first-order valence-electron chi connectivity index (χ1n) is 6.51. The number of halogens is 1. The van der Waals surface area contributed by atoms with E-state index in [1.54, 1.807) is 0 Å². The van der Waals surface area contributed by atoms with Crippen molar-refractivity contribution in [2.75, 3.05) is 12.3 Å². The van der Waals surface area contributed by atoms with Crippen molar-refractivity contribution in [3.63, 3.8) is 0 Å². The Hall–Kier alpha value is -1.58. The molecule has 0 atom stereocenters. The summed E-state index contributed by atoms with van der Waals surface area (Å²) in [4.78, 5) is 12.0. The number of amides is 1. The topological polar surface area (TPSA) is 55.1 Å². The molecule has 0 unspecified atom stereocenters. The van der Waals surface area contributed by atoms with Gasteiger partial charge in [0.1, 0.15) is 5.82 Å². The van der Waals surface area contributed by atoms with E-state index in [4.69, 9.17) is 5.73 Å². The SMILES string of the molecule is CC1(C)C(CNC(=O)c2cc(N)ccc2F)C1(C)C. The predicted molar refractivity (Wildman–Crippen MR) is 74.2 cm³/mol. The Morgan fingerprint density at radius 2 is 1.89 bits per heavy atom. The number of carbonyl (C=O) groups excluding carboxylic acids is 1. The van der Waals surface area contributed by atoms with Gasteiger partial charge >= 0.3 is 0 Å². The lowest BCUT2D eigenvalue weighted by atomic mass is 10.0. The molecule has 0 spiro atoms. The molecule has 4 heteroatoms. The molecule has 1 aliphatic rings. The van der Waals surface area contributed by atoms with Crippen LogP contribution < -0.4 is 11.1 Å². The van der Waals surface area contributed by atoms with Gasteiger partial charge in [-0.15, -0.1) is 0 Å². The number of carbonyl (C=O) groups is 1. The highest BCUT2D eigenvalue weighted by molar-refractivity contribution is 5.95. The second-order valence-electron chi connectivity index (χ2n) is 6.45. The van der Waals surface area contributed by atoms with Gasteiger partial charge in [-0.25, -0.2) is 4.39 Å². The van der Waals surface area contributed by atoms with E-state index in [0.29, 0.717) is 18.2 Å². The number of nitrogens with one attached hydrogen (secondary N) is 1. The fourth-order valence-corrected chi connectivity index (χ4v) is 2.85. The van der Waals surface area contributed by atoms with Crippen LogP contribution in [0.2, 0.25) is 0 Å². The largest absolute Gasteiger partial charge is 0.399 e. The van der Waals surface area contributed by atoms with Crippen LogP contribution in [-0.4, -0.2) is 12.5 Å². The fourth-order valence-electron chi connectivity index (χ4n) is 2.85. The van der Waals surface area contributed by atoms with Crippen LogP contribution >= 0.6 is 0 Å². The number of rotatable bonds is 3. The Morgan fingerprint density at radius 1 is 1.32 bits per heavy atom. The smallest absolute Gasteiger partial charge is 0.254 e. The van der Waals surface area contributed by atoms with E-state index in [1.807, 2.05) is 0 Å². The molecule has 1 aromatic rings. The van der Waals surface area contributed by atoms with Crippen LogP contribution in [0.3, 0.4) is 0 Å². The Kier molecular flexibility index (Phi) is 3.07. The van der Waals surface area contributed by atoms with Crippen molar-refractivity contribution < 1.29 is 9.18 Å². The first kappa shape index (κ1) is 13.8. The minimum Gasteiger partial charge on any atom is -0.399 e. The zero-order chi connectivity index (χ0) is 14.4. The molecule has 1 aromatic carbocycles. The summed E-state index contributed by atoms with van der Waals surface area (Å²) in [7, 11) is 0. The van der Waals surface area contributed by atoms with E-state index in [1.165, 1.54) is 18.2 Å². The lowest BCUT2D eigenvalue weighted by Gasteiger charge is -2.08. The minimum absolute atomic E-state index is 0.0104. The molecule has 3 nitrogen and oxygen atoms in total. The van der Waals surface area contributed by atoms with Gasteiger partial charge in [0.25, 0.3) is 5.91 Å². The number of anilines is 1. The molecule has 0 bridgehead atoms. The van der Waals surface area contributed by atoms with Gasteiger partial charge in [0, 0.05) is 12.2 Å². The normalized spacial score (nSPS) is 20.1. The van der Waals surface area contributed by atoms with Gasteiger partial charge in [-0.05, 0) is 34.9 Å². The molecule has 3 N–H and O–H groups in total. The molecule has 1 amide bonds. The summed E-state index contributed by atoms with van der Waals surface area (Å²) in [6.45, 7) is 9.30. The van der Waals surface area contributed by atoms with Crippen LogP contribution in [0.4, 0.5) is 10.1 Å². The summed E-state index contributed by atoms with van der Waals surface area (Å²) < 4.78 is 13.5. The van der Waals surface area contributed by atoms with E-state index in [0.717, 1.165) is 0 Å². The molecular formula is C15H21FN2O. The predicted octanol–water partition coefficient (Wildman–Crippen LogP) is 2.82. The van der Waals surface area contributed by atoms with Gasteiger partial charge in [-0.1, -0.05) is 27.7 Å². The lowest BCUT2D eigenvalue weighted by Crippen LogP contribution is -2.28. The molecule has 0 saturated heterocycles. The molecule has 1 saturated carbocycles. The zero-order valence-corrected chi connectivity index (χ0v) is 11.9. The van der Waals surface area contributed by atoms with E-state index in [9.17, 15) is 9.18 Å². The minimum atomic E-state index is -0.541. The Labute approximate surface area is 113 Å². The van der Waals surface area contributed by atoms with Gasteiger partial charge in [-0.2, -0.15) is 0 Å².